The molecule has 0 aliphatic heterocycles. The molecule has 0 radical (unpaired) electrons. The van der Waals surface area contributed by atoms with Crippen LogP contribution in [0.4, 0.5) is 5.82 Å². The van der Waals surface area contributed by atoms with Crippen molar-refractivity contribution in [2.24, 2.45) is 0 Å². The van der Waals surface area contributed by atoms with E-state index in [1.165, 1.54) is 0 Å². The predicted molar refractivity (Wildman–Crippen MR) is 91.7 cm³/mol. The molecule has 2 N–H and O–H groups in total. The van der Waals surface area contributed by atoms with Gasteiger partial charge >= 0.3 is 0 Å². The SMILES string of the molecule is Cc1nc(C(=O)Nc2cc(C(C)C)[nH]n2)nn1-c1ccc(Cl)cc1. The molecule has 2 aromatic heterocycles. The summed E-state index contributed by atoms with van der Waals surface area (Å²) in [7, 11) is 0. The van der Waals surface area contributed by atoms with E-state index < -0.39 is 5.91 Å². The Morgan fingerprint density at radius 2 is 2.00 bits per heavy atom. The second-order valence-corrected chi connectivity index (χ2v) is 6.12. The Hall–Kier alpha value is -2.67. The number of aromatic amines is 1. The van der Waals surface area contributed by atoms with Gasteiger partial charge in [-0.3, -0.25) is 9.89 Å². The zero-order chi connectivity index (χ0) is 17.3. The minimum Gasteiger partial charge on any atom is -0.302 e. The molecule has 1 amide bonds. The number of carbonyl (C=O) groups excluding carboxylic acids is 1. The van der Waals surface area contributed by atoms with Crippen molar-refractivity contribution in [3.63, 3.8) is 0 Å². The lowest BCUT2D eigenvalue weighted by molar-refractivity contribution is 0.101. The Balaban J connectivity index is 1.80. The second-order valence-electron chi connectivity index (χ2n) is 5.69. The first-order valence-corrected chi connectivity index (χ1v) is 7.88. The van der Waals surface area contributed by atoms with Gasteiger partial charge in [-0.2, -0.15) is 5.10 Å². The highest BCUT2D eigenvalue weighted by Crippen LogP contribution is 2.16. The van der Waals surface area contributed by atoms with Crippen molar-refractivity contribution in [1.82, 2.24) is 25.0 Å². The van der Waals surface area contributed by atoms with Crippen LogP contribution in [0.3, 0.4) is 0 Å². The summed E-state index contributed by atoms with van der Waals surface area (Å²) in [5, 5.41) is 14.5. The average Bonchev–Trinajstić information content (AvgIpc) is 3.15. The van der Waals surface area contributed by atoms with Crippen molar-refractivity contribution in [1.29, 1.82) is 0 Å². The third-order valence-electron chi connectivity index (χ3n) is 3.50. The van der Waals surface area contributed by atoms with Crippen LogP contribution in [0.5, 0.6) is 0 Å². The predicted octanol–water partition coefficient (Wildman–Crippen LogP) is 3.33. The van der Waals surface area contributed by atoms with E-state index in [-0.39, 0.29) is 5.82 Å². The van der Waals surface area contributed by atoms with Crippen LogP contribution < -0.4 is 5.32 Å². The number of benzene rings is 1. The van der Waals surface area contributed by atoms with E-state index in [0.717, 1.165) is 11.4 Å². The molecule has 8 heteroatoms. The van der Waals surface area contributed by atoms with Gasteiger partial charge in [0.05, 0.1) is 5.69 Å². The molecule has 2 heterocycles. The molecule has 0 saturated carbocycles. The highest BCUT2D eigenvalue weighted by Gasteiger charge is 2.17. The Bertz CT molecular complexity index is 865. The molecule has 7 nitrogen and oxygen atoms in total. The maximum atomic E-state index is 12.3. The molecule has 0 aliphatic rings. The van der Waals surface area contributed by atoms with Gasteiger partial charge in [0.1, 0.15) is 5.82 Å². The van der Waals surface area contributed by atoms with Crippen LogP contribution in [0.25, 0.3) is 5.69 Å². The summed E-state index contributed by atoms with van der Waals surface area (Å²) in [6.45, 7) is 5.86. The minimum absolute atomic E-state index is 0.0801. The number of nitrogens with zero attached hydrogens (tertiary/aromatic N) is 4. The van der Waals surface area contributed by atoms with E-state index in [1.54, 1.807) is 29.8 Å². The zero-order valence-corrected chi connectivity index (χ0v) is 14.3. The number of halogens is 1. The standard InChI is InChI=1S/C16H17ClN6O/c1-9(2)13-8-14(21-20-13)19-16(24)15-18-10(3)23(22-15)12-6-4-11(17)5-7-12/h4-9H,1-3H3,(H2,19,20,21,24). The summed E-state index contributed by atoms with van der Waals surface area (Å²) in [5.74, 6) is 1.02. The smallest absolute Gasteiger partial charge is 0.296 e. The summed E-state index contributed by atoms with van der Waals surface area (Å²) in [6.07, 6.45) is 0. The van der Waals surface area contributed by atoms with Gasteiger partial charge in [-0.05, 0) is 37.1 Å². The molecule has 1 aromatic carbocycles. The highest BCUT2D eigenvalue weighted by atomic mass is 35.5. The fourth-order valence-electron chi connectivity index (χ4n) is 2.18. The van der Waals surface area contributed by atoms with Crippen LogP contribution in [0.2, 0.25) is 5.02 Å². The fraction of sp³-hybridized carbons (Fsp3) is 0.250. The number of carbonyl (C=O) groups is 1. The zero-order valence-electron chi connectivity index (χ0n) is 13.5. The molecular weight excluding hydrogens is 328 g/mol. The fourth-order valence-corrected chi connectivity index (χ4v) is 2.31. The number of anilines is 1. The van der Waals surface area contributed by atoms with Gasteiger partial charge < -0.3 is 5.32 Å². The molecule has 0 aliphatic carbocycles. The van der Waals surface area contributed by atoms with Crippen molar-refractivity contribution >= 4 is 23.3 Å². The second kappa shape index (κ2) is 6.45. The molecule has 24 heavy (non-hydrogen) atoms. The number of rotatable bonds is 4. The number of aryl methyl sites for hydroxylation is 1. The Labute approximate surface area is 144 Å². The molecule has 0 atom stereocenters. The van der Waals surface area contributed by atoms with Crippen LogP contribution >= 0.6 is 11.6 Å². The quantitative estimate of drug-likeness (QED) is 0.759. The summed E-state index contributed by atoms with van der Waals surface area (Å²) in [4.78, 5) is 16.5. The van der Waals surface area contributed by atoms with Crippen LogP contribution in [-0.4, -0.2) is 30.9 Å². The van der Waals surface area contributed by atoms with E-state index >= 15 is 0 Å². The first-order valence-electron chi connectivity index (χ1n) is 7.50. The van der Waals surface area contributed by atoms with Gasteiger partial charge in [-0.1, -0.05) is 25.4 Å². The molecule has 0 bridgehead atoms. The van der Waals surface area contributed by atoms with Crippen LogP contribution in [-0.2, 0) is 0 Å². The maximum absolute atomic E-state index is 12.3. The van der Waals surface area contributed by atoms with Crippen molar-refractivity contribution in [3.8, 4) is 5.69 Å². The summed E-state index contributed by atoms with van der Waals surface area (Å²) in [6, 6.07) is 8.94. The Kier molecular flexibility index (Phi) is 4.35. The van der Waals surface area contributed by atoms with Crippen molar-refractivity contribution < 1.29 is 4.79 Å². The third kappa shape index (κ3) is 3.30. The van der Waals surface area contributed by atoms with Gasteiger partial charge in [-0.25, -0.2) is 9.67 Å². The van der Waals surface area contributed by atoms with Crippen molar-refractivity contribution in [2.75, 3.05) is 5.32 Å². The summed E-state index contributed by atoms with van der Waals surface area (Å²) < 4.78 is 1.59. The first-order chi connectivity index (χ1) is 11.4. The summed E-state index contributed by atoms with van der Waals surface area (Å²) >= 11 is 5.89. The monoisotopic (exact) mass is 344 g/mol. The third-order valence-corrected chi connectivity index (χ3v) is 3.76. The van der Waals surface area contributed by atoms with Crippen LogP contribution in [0.15, 0.2) is 30.3 Å². The lowest BCUT2D eigenvalue weighted by atomic mass is 10.1. The summed E-state index contributed by atoms with van der Waals surface area (Å²) in [5.41, 5.74) is 1.73. The number of nitrogens with one attached hydrogen (secondary N) is 2. The van der Waals surface area contributed by atoms with E-state index in [1.807, 2.05) is 26.0 Å². The Morgan fingerprint density at radius 1 is 1.29 bits per heavy atom. The molecule has 124 valence electrons. The van der Waals surface area contributed by atoms with Gasteiger partial charge in [0.15, 0.2) is 5.82 Å². The topological polar surface area (TPSA) is 88.5 Å². The van der Waals surface area contributed by atoms with Gasteiger partial charge in [-0.15, -0.1) is 5.10 Å². The number of H-pyrrole nitrogens is 1. The van der Waals surface area contributed by atoms with E-state index in [2.05, 4.69) is 25.6 Å². The number of hydrogen-bond acceptors (Lipinski definition) is 4. The molecule has 3 aromatic rings. The lowest BCUT2D eigenvalue weighted by Gasteiger charge is -2.02. The molecule has 3 rings (SSSR count). The molecule has 0 fully saturated rings. The Morgan fingerprint density at radius 3 is 2.62 bits per heavy atom. The number of aromatic nitrogens is 5. The van der Waals surface area contributed by atoms with Crippen molar-refractivity contribution in [2.45, 2.75) is 26.7 Å². The number of hydrogen-bond donors (Lipinski definition) is 2. The minimum atomic E-state index is -0.410. The van der Waals surface area contributed by atoms with E-state index in [9.17, 15) is 4.79 Å². The average molecular weight is 345 g/mol. The van der Waals surface area contributed by atoms with Gasteiger partial charge in [0.2, 0.25) is 5.82 Å². The highest BCUT2D eigenvalue weighted by molar-refractivity contribution is 6.30. The lowest BCUT2D eigenvalue weighted by Crippen LogP contribution is -2.14. The van der Waals surface area contributed by atoms with E-state index in [0.29, 0.717) is 22.6 Å². The first kappa shape index (κ1) is 16.2. The molecule has 0 spiro atoms. The van der Waals surface area contributed by atoms with Gasteiger partial charge in [0.25, 0.3) is 5.91 Å². The van der Waals surface area contributed by atoms with Crippen molar-refractivity contribution in [3.05, 3.63) is 52.7 Å². The van der Waals surface area contributed by atoms with Gasteiger partial charge in [0, 0.05) is 16.8 Å². The molecule has 0 unspecified atom stereocenters. The van der Waals surface area contributed by atoms with Crippen LogP contribution in [0, 0.1) is 6.92 Å². The largest absolute Gasteiger partial charge is 0.302 e. The molecule has 0 saturated heterocycles. The number of amides is 1. The maximum Gasteiger partial charge on any atom is 0.296 e. The van der Waals surface area contributed by atoms with Crippen LogP contribution in [0.1, 0.15) is 41.9 Å². The van der Waals surface area contributed by atoms with E-state index in [4.69, 9.17) is 11.6 Å². The molecular formula is C16H17ClN6O. The normalized spacial score (nSPS) is 11.0.